The second kappa shape index (κ2) is 8.15. The zero-order valence-electron chi connectivity index (χ0n) is 15.3. The monoisotopic (exact) mass is 401 g/mol. The molecule has 2 aromatic rings. The minimum Gasteiger partial charge on any atom is -0.326 e. The lowest BCUT2D eigenvalue weighted by molar-refractivity contribution is -0.127. The summed E-state index contributed by atoms with van der Waals surface area (Å²) in [5.41, 5.74) is 3.53. The predicted molar refractivity (Wildman–Crippen MR) is 112 cm³/mol. The lowest BCUT2D eigenvalue weighted by Crippen LogP contribution is -2.30. The number of carbonyl (C=O) groups excluding carboxylic acids is 2. The Bertz CT molecular complexity index is 912. The Hall–Kier alpha value is -2.31. The first-order chi connectivity index (χ1) is 12.8. The molecule has 2 aromatic carbocycles. The average molecular weight is 402 g/mol. The number of nitrogens with one attached hydrogen (secondary N) is 1. The molecule has 0 aromatic heterocycles. The van der Waals surface area contributed by atoms with E-state index in [1.165, 1.54) is 16.7 Å². The molecule has 27 heavy (non-hydrogen) atoms. The number of carbonyl (C=O) groups is 2. The molecule has 0 aliphatic carbocycles. The lowest BCUT2D eigenvalue weighted by atomic mass is 10.2. The van der Waals surface area contributed by atoms with E-state index < -0.39 is 5.25 Å². The van der Waals surface area contributed by atoms with Gasteiger partial charge in [-0.25, -0.2) is 4.99 Å². The van der Waals surface area contributed by atoms with E-state index in [9.17, 15) is 9.59 Å². The zero-order chi connectivity index (χ0) is 19.6. The summed E-state index contributed by atoms with van der Waals surface area (Å²) >= 11 is 7.29. The van der Waals surface area contributed by atoms with Crippen LogP contribution in [0.5, 0.6) is 0 Å². The third-order valence-corrected chi connectivity index (χ3v) is 5.69. The van der Waals surface area contributed by atoms with Crippen molar-refractivity contribution in [3.63, 3.8) is 0 Å². The SMILES string of the molecule is Cc1ccc(NC(=O)C[C@H]2SC(=Nc3ccc(Cl)cc3C)N(C)C2=O)cc1. The highest BCUT2D eigenvalue weighted by Gasteiger charge is 2.37. The molecule has 0 spiro atoms. The number of nitrogens with zero attached hydrogens (tertiary/aromatic N) is 2. The maximum atomic E-state index is 12.5. The zero-order valence-corrected chi connectivity index (χ0v) is 16.9. The number of aryl methyl sites for hydroxylation is 2. The quantitative estimate of drug-likeness (QED) is 0.817. The Labute approximate surface area is 167 Å². The second-order valence-corrected chi connectivity index (χ2v) is 8.05. The third-order valence-electron chi connectivity index (χ3n) is 4.22. The van der Waals surface area contributed by atoms with Crippen molar-refractivity contribution < 1.29 is 9.59 Å². The van der Waals surface area contributed by atoms with Gasteiger partial charge in [-0.1, -0.05) is 41.1 Å². The summed E-state index contributed by atoms with van der Waals surface area (Å²) in [5.74, 6) is -0.313. The molecule has 0 radical (unpaired) electrons. The molecular formula is C20H20ClN3O2S. The molecule has 1 aliphatic rings. The molecule has 140 valence electrons. The molecule has 1 aliphatic heterocycles. The summed E-state index contributed by atoms with van der Waals surface area (Å²) in [6.07, 6.45) is 0.0976. The number of halogens is 1. The Balaban J connectivity index is 1.69. The summed E-state index contributed by atoms with van der Waals surface area (Å²) in [6, 6.07) is 13.0. The van der Waals surface area contributed by atoms with Gasteiger partial charge in [-0.3, -0.25) is 14.5 Å². The predicted octanol–water partition coefficient (Wildman–Crippen LogP) is 4.55. The second-order valence-electron chi connectivity index (χ2n) is 6.45. The first-order valence-electron chi connectivity index (χ1n) is 8.49. The number of benzene rings is 2. The van der Waals surface area contributed by atoms with Crippen molar-refractivity contribution in [1.82, 2.24) is 4.90 Å². The molecule has 1 saturated heterocycles. The fraction of sp³-hybridized carbons (Fsp3) is 0.250. The Morgan fingerprint density at radius 1 is 1.22 bits per heavy atom. The van der Waals surface area contributed by atoms with Gasteiger partial charge in [-0.15, -0.1) is 0 Å². The molecule has 1 atom stereocenters. The molecule has 3 rings (SSSR count). The molecule has 2 amide bonds. The Morgan fingerprint density at radius 3 is 2.59 bits per heavy atom. The Kier molecular flexibility index (Phi) is 5.87. The van der Waals surface area contributed by atoms with Gasteiger partial charge in [0.25, 0.3) is 0 Å². The van der Waals surface area contributed by atoms with Crippen LogP contribution in [0.1, 0.15) is 17.5 Å². The maximum absolute atomic E-state index is 12.5. The molecule has 0 unspecified atom stereocenters. The summed E-state index contributed by atoms with van der Waals surface area (Å²) in [4.78, 5) is 30.9. The number of hydrogen-bond acceptors (Lipinski definition) is 4. The number of aliphatic imine (C=N–C) groups is 1. The van der Waals surface area contributed by atoms with E-state index in [2.05, 4.69) is 10.3 Å². The van der Waals surface area contributed by atoms with Crippen molar-refractivity contribution in [3.8, 4) is 0 Å². The summed E-state index contributed by atoms with van der Waals surface area (Å²) in [5, 5.41) is 3.58. The van der Waals surface area contributed by atoms with Crippen LogP contribution in [-0.2, 0) is 9.59 Å². The topological polar surface area (TPSA) is 61.8 Å². The molecular weight excluding hydrogens is 382 g/mol. The van der Waals surface area contributed by atoms with Crippen LogP contribution in [0.25, 0.3) is 0 Å². The van der Waals surface area contributed by atoms with Crippen LogP contribution in [0.15, 0.2) is 47.5 Å². The van der Waals surface area contributed by atoms with Gasteiger partial charge in [-0.2, -0.15) is 0 Å². The van der Waals surface area contributed by atoms with Crippen LogP contribution in [0.2, 0.25) is 5.02 Å². The van der Waals surface area contributed by atoms with Crippen LogP contribution >= 0.6 is 23.4 Å². The van der Waals surface area contributed by atoms with Crippen molar-refractivity contribution in [2.24, 2.45) is 4.99 Å². The van der Waals surface area contributed by atoms with Gasteiger partial charge < -0.3 is 5.32 Å². The number of amides is 2. The minimum atomic E-state index is -0.480. The first-order valence-corrected chi connectivity index (χ1v) is 9.75. The first kappa shape index (κ1) is 19.5. The molecule has 0 saturated carbocycles. The van der Waals surface area contributed by atoms with Crippen molar-refractivity contribution in [2.75, 3.05) is 12.4 Å². The van der Waals surface area contributed by atoms with E-state index in [4.69, 9.17) is 11.6 Å². The fourth-order valence-corrected chi connectivity index (χ4v) is 4.04. The van der Waals surface area contributed by atoms with Gasteiger partial charge in [0.05, 0.1) is 5.69 Å². The normalized spacial score (nSPS) is 18.2. The fourth-order valence-electron chi connectivity index (χ4n) is 2.66. The molecule has 0 bridgehead atoms. The summed E-state index contributed by atoms with van der Waals surface area (Å²) in [7, 11) is 1.68. The van der Waals surface area contributed by atoms with Gasteiger partial charge >= 0.3 is 0 Å². The van der Waals surface area contributed by atoms with Gasteiger partial charge in [0.1, 0.15) is 5.25 Å². The summed E-state index contributed by atoms with van der Waals surface area (Å²) in [6.45, 7) is 3.90. The van der Waals surface area contributed by atoms with Crippen LogP contribution in [0, 0.1) is 13.8 Å². The molecule has 7 heteroatoms. The molecule has 5 nitrogen and oxygen atoms in total. The highest BCUT2D eigenvalue weighted by atomic mass is 35.5. The van der Waals surface area contributed by atoms with Crippen molar-refractivity contribution >= 4 is 51.7 Å². The highest BCUT2D eigenvalue weighted by Crippen LogP contribution is 2.32. The number of hydrogen-bond donors (Lipinski definition) is 1. The highest BCUT2D eigenvalue weighted by molar-refractivity contribution is 8.15. The largest absolute Gasteiger partial charge is 0.326 e. The van der Waals surface area contributed by atoms with Crippen LogP contribution in [-0.4, -0.2) is 34.2 Å². The maximum Gasteiger partial charge on any atom is 0.242 e. The van der Waals surface area contributed by atoms with E-state index in [1.807, 2.05) is 50.2 Å². The van der Waals surface area contributed by atoms with Crippen molar-refractivity contribution in [3.05, 3.63) is 58.6 Å². The van der Waals surface area contributed by atoms with Gasteiger partial charge in [0.2, 0.25) is 11.8 Å². The van der Waals surface area contributed by atoms with Gasteiger partial charge in [0, 0.05) is 24.2 Å². The standard InChI is InChI=1S/C20H20ClN3O2S/c1-12-4-7-15(8-5-12)22-18(25)11-17-19(26)24(3)20(27-17)23-16-9-6-14(21)10-13(16)2/h4-10,17H,11H2,1-3H3,(H,22,25)/t17-/m1/s1. The smallest absolute Gasteiger partial charge is 0.242 e. The van der Waals surface area contributed by atoms with Crippen molar-refractivity contribution in [2.45, 2.75) is 25.5 Å². The Morgan fingerprint density at radius 2 is 1.93 bits per heavy atom. The van der Waals surface area contributed by atoms with E-state index in [-0.39, 0.29) is 18.2 Å². The number of amidine groups is 1. The van der Waals surface area contributed by atoms with Gasteiger partial charge in [-0.05, 0) is 49.7 Å². The number of anilines is 1. The summed E-state index contributed by atoms with van der Waals surface area (Å²) < 4.78 is 0. The van der Waals surface area contributed by atoms with E-state index in [0.29, 0.717) is 10.2 Å². The van der Waals surface area contributed by atoms with E-state index in [1.54, 1.807) is 13.1 Å². The third kappa shape index (κ3) is 4.70. The average Bonchev–Trinajstić information content (AvgIpc) is 2.87. The lowest BCUT2D eigenvalue weighted by Gasteiger charge is -2.10. The van der Waals surface area contributed by atoms with Crippen molar-refractivity contribution in [1.29, 1.82) is 0 Å². The van der Waals surface area contributed by atoms with Crippen LogP contribution in [0.3, 0.4) is 0 Å². The van der Waals surface area contributed by atoms with E-state index >= 15 is 0 Å². The number of thioether (sulfide) groups is 1. The molecule has 1 fully saturated rings. The number of rotatable bonds is 4. The minimum absolute atomic E-state index is 0.0976. The van der Waals surface area contributed by atoms with E-state index in [0.717, 1.165) is 22.5 Å². The molecule has 1 heterocycles. The molecule has 1 N–H and O–H groups in total. The van der Waals surface area contributed by atoms with Crippen LogP contribution in [0.4, 0.5) is 11.4 Å². The van der Waals surface area contributed by atoms with Crippen LogP contribution < -0.4 is 5.32 Å². The van der Waals surface area contributed by atoms with Gasteiger partial charge in [0.15, 0.2) is 5.17 Å².